The molecule has 0 amide bonds. The van der Waals surface area contributed by atoms with Crippen LogP contribution in [-0.4, -0.2) is 52.9 Å². The largest absolute Gasteiger partial charge is 0.497 e. The lowest BCUT2D eigenvalue weighted by Crippen LogP contribution is -2.37. The molecular weight excluding hydrogens is 442 g/mol. The van der Waals surface area contributed by atoms with Gasteiger partial charge in [0.1, 0.15) is 17.0 Å². The van der Waals surface area contributed by atoms with Crippen LogP contribution in [0.15, 0.2) is 59.5 Å². The molecule has 2 aromatic carbocycles. The van der Waals surface area contributed by atoms with E-state index in [9.17, 15) is 4.79 Å². The van der Waals surface area contributed by atoms with E-state index in [2.05, 4.69) is 14.9 Å². The summed E-state index contributed by atoms with van der Waals surface area (Å²) in [7, 11) is 1.62. The molecule has 1 aliphatic heterocycles. The van der Waals surface area contributed by atoms with Crippen LogP contribution in [0.25, 0.3) is 22.4 Å². The molecule has 1 fully saturated rings. The van der Waals surface area contributed by atoms with Crippen molar-refractivity contribution in [2.45, 2.75) is 6.54 Å². The van der Waals surface area contributed by atoms with Gasteiger partial charge in [-0.2, -0.15) is 4.98 Å². The van der Waals surface area contributed by atoms with Crippen LogP contribution in [0.5, 0.6) is 5.75 Å². The molecule has 2 aromatic heterocycles. The normalized spacial score (nSPS) is 13.9. The van der Waals surface area contributed by atoms with Crippen LogP contribution >= 0.6 is 11.6 Å². The average Bonchev–Trinajstić information content (AvgIpc) is 2.86. The van der Waals surface area contributed by atoms with Crippen molar-refractivity contribution in [2.75, 3.05) is 38.3 Å². The number of ether oxygens (including phenoxy) is 2. The lowest BCUT2D eigenvalue weighted by molar-refractivity contribution is 0.122. The minimum absolute atomic E-state index is 0.237. The number of aromatic nitrogens is 4. The van der Waals surface area contributed by atoms with Crippen molar-refractivity contribution in [2.24, 2.45) is 0 Å². The number of anilines is 1. The monoisotopic (exact) mass is 463 g/mol. The molecule has 33 heavy (non-hydrogen) atoms. The Bertz CT molecular complexity index is 1350. The lowest BCUT2D eigenvalue weighted by atomic mass is 10.1. The Morgan fingerprint density at radius 2 is 1.88 bits per heavy atom. The minimum Gasteiger partial charge on any atom is -0.497 e. The number of morpholine rings is 1. The average molecular weight is 464 g/mol. The van der Waals surface area contributed by atoms with Gasteiger partial charge in [-0.3, -0.25) is 9.36 Å². The van der Waals surface area contributed by atoms with Crippen LogP contribution in [0, 0.1) is 0 Å². The van der Waals surface area contributed by atoms with Gasteiger partial charge in [-0.15, -0.1) is 0 Å². The van der Waals surface area contributed by atoms with Crippen molar-refractivity contribution in [3.8, 4) is 17.0 Å². The van der Waals surface area contributed by atoms with Crippen LogP contribution in [0.2, 0.25) is 5.02 Å². The van der Waals surface area contributed by atoms with E-state index in [1.165, 1.54) is 0 Å². The molecule has 0 bridgehead atoms. The highest BCUT2D eigenvalue weighted by atomic mass is 35.5. The molecular formula is C24H22ClN5O3. The highest BCUT2D eigenvalue weighted by Crippen LogP contribution is 2.22. The van der Waals surface area contributed by atoms with Crippen LogP contribution < -0.4 is 15.2 Å². The third kappa shape index (κ3) is 4.40. The number of hydrogen-bond acceptors (Lipinski definition) is 7. The number of methoxy groups -OCH3 is 1. The SMILES string of the molecule is COc1cccc(Cn2c(=O)c(-c3ccc(Cl)cc3)nc3cnc(N4CCOCC4)nc32)c1. The van der Waals surface area contributed by atoms with E-state index >= 15 is 0 Å². The Morgan fingerprint density at radius 3 is 2.64 bits per heavy atom. The lowest BCUT2D eigenvalue weighted by Gasteiger charge is -2.26. The minimum atomic E-state index is -0.237. The molecule has 168 valence electrons. The second-order valence-electron chi connectivity index (χ2n) is 7.69. The summed E-state index contributed by atoms with van der Waals surface area (Å²) in [6.45, 7) is 2.94. The molecule has 5 rings (SSSR count). The van der Waals surface area contributed by atoms with Crippen LogP contribution in [0.3, 0.4) is 0 Å². The number of fused-ring (bicyclic) bond motifs is 1. The zero-order valence-electron chi connectivity index (χ0n) is 18.1. The van der Waals surface area contributed by atoms with Crippen molar-refractivity contribution in [1.82, 2.24) is 19.5 Å². The van der Waals surface area contributed by atoms with Gasteiger partial charge < -0.3 is 14.4 Å². The standard InChI is InChI=1S/C24H22ClN5O3/c1-32-19-4-2-3-16(13-19)15-30-22-20(14-26-24(28-22)29-9-11-33-12-10-29)27-21(23(30)31)17-5-7-18(25)8-6-17/h2-8,13-14H,9-12,15H2,1H3. The maximum Gasteiger partial charge on any atom is 0.279 e. The molecule has 4 aromatic rings. The van der Waals surface area contributed by atoms with Gasteiger partial charge in [0, 0.05) is 23.7 Å². The number of hydrogen-bond donors (Lipinski definition) is 0. The first-order chi connectivity index (χ1) is 16.1. The Balaban J connectivity index is 1.68. The van der Waals surface area contributed by atoms with Crippen molar-refractivity contribution in [3.63, 3.8) is 0 Å². The van der Waals surface area contributed by atoms with E-state index < -0.39 is 0 Å². The van der Waals surface area contributed by atoms with Gasteiger partial charge in [-0.1, -0.05) is 35.9 Å². The molecule has 0 radical (unpaired) electrons. The molecule has 3 heterocycles. The fourth-order valence-electron chi connectivity index (χ4n) is 3.84. The first-order valence-corrected chi connectivity index (χ1v) is 11.0. The second-order valence-corrected chi connectivity index (χ2v) is 8.12. The molecule has 0 atom stereocenters. The number of halogens is 1. The quantitative estimate of drug-likeness (QED) is 0.448. The van der Waals surface area contributed by atoms with Gasteiger partial charge in [0.15, 0.2) is 5.65 Å². The van der Waals surface area contributed by atoms with Gasteiger partial charge in [0.25, 0.3) is 5.56 Å². The molecule has 1 aliphatic rings. The molecule has 1 saturated heterocycles. The molecule has 0 spiro atoms. The summed E-state index contributed by atoms with van der Waals surface area (Å²) in [6, 6.07) is 14.7. The Labute approximate surface area is 195 Å². The van der Waals surface area contributed by atoms with E-state index in [1.54, 1.807) is 42.1 Å². The fourth-order valence-corrected chi connectivity index (χ4v) is 3.96. The predicted molar refractivity (Wildman–Crippen MR) is 127 cm³/mol. The van der Waals surface area contributed by atoms with Crippen molar-refractivity contribution in [3.05, 3.63) is 75.7 Å². The number of rotatable bonds is 5. The van der Waals surface area contributed by atoms with E-state index in [4.69, 9.17) is 26.1 Å². The van der Waals surface area contributed by atoms with Crippen LogP contribution in [0.4, 0.5) is 5.95 Å². The second kappa shape index (κ2) is 9.17. The summed E-state index contributed by atoms with van der Waals surface area (Å²) in [4.78, 5) is 29.6. The summed E-state index contributed by atoms with van der Waals surface area (Å²) in [5.41, 5.74) is 2.71. The van der Waals surface area contributed by atoms with Crippen LogP contribution in [-0.2, 0) is 11.3 Å². The smallest absolute Gasteiger partial charge is 0.279 e. The zero-order valence-corrected chi connectivity index (χ0v) is 18.8. The van der Waals surface area contributed by atoms with Gasteiger partial charge in [-0.25, -0.2) is 9.97 Å². The van der Waals surface area contributed by atoms with Gasteiger partial charge in [0.2, 0.25) is 5.95 Å². The third-order valence-corrected chi connectivity index (χ3v) is 5.81. The van der Waals surface area contributed by atoms with Crippen LogP contribution in [0.1, 0.15) is 5.56 Å². The first kappa shape index (κ1) is 21.4. The first-order valence-electron chi connectivity index (χ1n) is 10.6. The molecule has 0 N–H and O–H groups in total. The van der Waals surface area contributed by atoms with Gasteiger partial charge in [0.05, 0.1) is 33.1 Å². The topological polar surface area (TPSA) is 82.4 Å². The van der Waals surface area contributed by atoms with E-state index in [0.29, 0.717) is 66.2 Å². The molecule has 8 nitrogen and oxygen atoms in total. The van der Waals surface area contributed by atoms with E-state index in [-0.39, 0.29) is 5.56 Å². The Kier molecular flexibility index (Phi) is 5.93. The van der Waals surface area contributed by atoms with Crippen molar-refractivity contribution >= 4 is 28.7 Å². The summed E-state index contributed by atoms with van der Waals surface area (Å²) in [6.07, 6.45) is 1.67. The Morgan fingerprint density at radius 1 is 1.09 bits per heavy atom. The maximum atomic E-state index is 13.7. The maximum absolute atomic E-state index is 13.7. The van der Waals surface area contributed by atoms with E-state index in [1.807, 2.05) is 24.3 Å². The number of nitrogens with zero attached hydrogens (tertiary/aromatic N) is 5. The highest BCUT2D eigenvalue weighted by molar-refractivity contribution is 6.30. The molecule has 0 saturated carbocycles. The van der Waals surface area contributed by atoms with E-state index in [0.717, 1.165) is 11.3 Å². The predicted octanol–water partition coefficient (Wildman–Crippen LogP) is 3.40. The highest BCUT2D eigenvalue weighted by Gasteiger charge is 2.19. The third-order valence-electron chi connectivity index (χ3n) is 5.56. The van der Waals surface area contributed by atoms with Crippen molar-refractivity contribution < 1.29 is 9.47 Å². The zero-order chi connectivity index (χ0) is 22.8. The molecule has 0 unspecified atom stereocenters. The summed E-state index contributed by atoms with van der Waals surface area (Å²) < 4.78 is 12.4. The summed E-state index contributed by atoms with van der Waals surface area (Å²) >= 11 is 6.04. The summed E-state index contributed by atoms with van der Waals surface area (Å²) in [5.74, 6) is 1.28. The van der Waals surface area contributed by atoms with Gasteiger partial charge in [-0.05, 0) is 29.8 Å². The Hall–Kier alpha value is -3.49. The van der Waals surface area contributed by atoms with Gasteiger partial charge >= 0.3 is 0 Å². The summed E-state index contributed by atoms with van der Waals surface area (Å²) in [5, 5.41) is 0.592. The van der Waals surface area contributed by atoms with Crippen molar-refractivity contribution in [1.29, 1.82) is 0 Å². The fraction of sp³-hybridized carbons (Fsp3) is 0.250. The number of benzene rings is 2. The molecule has 0 aliphatic carbocycles. The molecule has 9 heteroatoms.